The summed E-state index contributed by atoms with van der Waals surface area (Å²) < 4.78 is 0. The summed E-state index contributed by atoms with van der Waals surface area (Å²) in [5.74, 6) is 0.805. The summed E-state index contributed by atoms with van der Waals surface area (Å²) in [6.45, 7) is 11.1. The number of hydrogen-bond acceptors (Lipinski definition) is 3. The molecule has 2 aliphatic rings. The Morgan fingerprint density at radius 2 is 2.00 bits per heavy atom. The molecule has 20 heavy (non-hydrogen) atoms. The molecular weight excluding hydrogens is 246 g/mol. The van der Waals surface area contributed by atoms with Crippen LogP contribution in [-0.2, 0) is 0 Å². The molecule has 3 unspecified atom stereocenters. The Hall–Kier alpha value is -0.120. The van der Waals surface area contributed by atoms with Crippen molar-refractivity contribution in [3.05, 3.63) is 0 Å². The maximum atomic E-state index is 3.72. The second-order valence-electron chi connectivity index (χ2n) is 7.05. The average molecular weight is 281 g/mol. The molecule has 0 amide bonds. The van der Waals surface area contributed by atoms with E-state index in [2.05, 4.69) is 36.0 Å². The van der Waals surface area contributed by atoms with Crippen molar-refractivity contribution in [3.8, 4) is 0 Å². The summed E-state index contributed by atoms with van der Waals surface area (Å²) in [5.41, 5.74) is 0. The molecule has 3 nitrogen and oxygen atoms in total. The number of nitrogens with one attached hydrogen (secondary N) is 1. The van der Waals surface area contributed by atoms with Crippen molar-refractivity contribution in [2.24, 2.45) is 5.92 Å². The Morgan fingerprint density at radius 1 is 1.15 bits per heavy atom. The molecule has 2 rings (SSSR count). The lowest BCUT2D eigenvalue weighted by atomic mass is 9.93. The van der Waals surface area contributed by atoms with Crippen molar-refractivity contribution in [2.45, 2.75) is 64.5 Å². The molecule has 3 atom stereocenters. The van der Waals surface area contributed by atoms with E-state index in [4.69, 9.17) is 0 Å². The first-order valence-electron chi connectivity index (χ1n) is 8.86. The van der Waals surface area contributed by atoms with Crippen molar-refractivity contribution in [3.63, 3.8) is 0 Å². The van der Waals surface area contributed by atoms with Crippen LogP contribution in [0.5, 0.6) is 0 Å². The van der Waals surface area contributed by atoms with E-state index in [0.29, 0.717) is 0 Å². The van der Waals surface area contributed by atoms with Gasteiger partial charge >= 0.3 is 0 Å². The first-order chi connectivity index (χ1) is 9.70. The predicted octanol–water partition coefficient (Wildman–Crippen LogP) is 2.57. The predicted molar refractivity (Wildman–Crippen MR) is 87.2 cm³/mol. The minimum absolute atomic E-state index is 0.753. The Kier molecular flexibility index (Phi) is 6.79. The highest BCUT2D eigenvalue weighted by Crippen LogP contribution is 2.21. The average Bonchev–Trinajstić information content (AvgIpc) is 2.45. The van der Waals surface area contributed by atoms with Gasteiger partial charge in [0.05, 0.1) is 0 Å². The van der Waals surface area contributed by atoms with Crippen LogP contribution in [0.2, 0.25) is 0 Å². The fourth-order valence-electron chi connectivity index (χ4n) is 3.91. The molecule has 0 aliphatic carbocycles. The van der Waals surface area contributed by atoms with Crippen molar-refractivity contribution in [2.75, 3.05) is 39.8 Å². The quantitative estimate of drug-likeness (QED) is 0.807. The molecule has 2 saturated heterocycles. The summed E-state index contributed by atoms with van der Waals surface area (Å²) in [4.78, 5) is 5.29. The van der Waals surface area contributed by atoms with Crippen LogP contribution in [0.15, 0.2) is 0 Å². The van der Waals surface area contributed by atoms with E-state index < -0.39 is 0 Å². The van der Waals surface area contributed by atoms with Gasteiger partial charge in [0.1, 0.15) is 0 Å². The number of rotatable bonds is 6. The summed E-state index contributed by atoms with van der Waals surface area (Å²) in [7, 11) is 2.31. The molecule has 0 saturated carbocycles. The monoisotopic (exact) mass is 281 g/mol. The third-order valence-corrected chi connectivity index (χ3v) is 5.35. The highest BCUT2D eigenvalue weighted by Gasteiger charge is 2.26. The highest BCUT2D eigenvalue weighted by atomic mass is 15.2. The zero-order valence-electron chi connectivity index (χ0n) is 13.9. The number of piperidine rings is 2. The Labute approximate surface area is 126 Å². The van der Waals surface area contributed by atoms with Gasteiger partial charge in [-0.3, -0.25) is 0 Å². The second kappa shape index (κ2) is 8.35. The van der Waals surface area contributed by atoms with Gasteiger partial charge in [-0.1, -0.05) is 20.3 Å². The maximum Gasteiger partial charge on any atom is 0.0117 e. The summed E-state index contributed by atoms with van der Waals surface area (Å²) in [6.07, 6.45) is 8.21. The summed E-state index contributed by atoms with van der Waals surface area (Å²) in [6, 6.07) is 1.60. The minimum atomic E-state index is 0.753. The van der Waals surface area contributed by atoms with Gasteiger partial charge in [-0.15, -0.1) is 0 Å². The van der Waals surface area contributed by atoms with Crippen LogP contribution in [0.4, 0.5) is 0 Å². The van der Waals surface area contributed by atoms with Gasteiger partial charge in [0, 0.05) is 18.6 Å². The second-order valence-corrected chi connectivity index (χ2v) is 7.05. The number of likely N-dealkylation sites (tertiary alicyclic amines) is 2. The van der Waals surface area contributed by atoms with E-state index in [1.54, 1.807) is 0 Å². The Balaban J connectivity index is 1.67. The fraction of sp³-hybridized carbons (Fsp3) is 1.00. The van der Waals surface area contributed by atoms with Crippen LogP contribution >= 0.6 is 0 Å². The molecule has 1 N–H and O–H groups in total. The van der Waals surface area contributed by atoms with E-state index in [1.807, 2.05) is 0 Å². The van der Waals surface area contributed by atoms with Crippen LogP contribution in [0.3, 0.4) is 0 Å². The van der Waals surface area contributed by atoms with E-state index in [-0.39, 0.29) is 0 Å². The zero-order valence-corrected chi connectivity index (χ0v) is 13.9. The van der Waals surface area contributed by atoms with Gasteiger partial charge in [0.15, 0.2) is 0 Å². The molecule has 118 valence electrons. The van der Waals surface area contributed by atoms with E-state index in [0.717, 1.165) is 18.0 Å². The Morgan fingerprint density at radius 3 is 2.70 bits per heavy atom. The molecule has 0 aromatic rings. The molecule has 2 fully saturated rings. The summed E-state index contributed by atoms with van der Waals surface area (Å²) in [5, 5.41) is 3.72. The van der Waals surface area contributed by atoms with Crippen molar-refractivity contribution in [1.82, 2.24) is 15.1 Å². The molecule has 0 bridgehead atoms. The molecule has 0 aromatic heterocycles. The smallest absolute Gasteiger partial charge is 0.0117 e. The molecule has 0 aromatic carbocycles. The lowest BCUT2D eigenvalue weighted by Gasteiger charge is -2.39. The van der Waals surface area contributed by atoms with Crippen molar-refractivity contribution < 1.29 is 0 Å². The fourth-order valence-corrected chi connectivity index (χ4v) is 3.91. The lowest BCUT2D eigenvalue weighted by molar-refractivity contribution is 0.117. The highest BCUT2D eigenvalue weighted by molar-refractivity contribution is 4.84. The Bertz CT molecular complexity index is 269. The van der Waals surface area contributed by atoms with Crippen LogP contribution in [-0.4, -0.2) is 61.7 Å². The standard InChI is InChI=1S/C17H35N3/c1-4-10-18-17-9-13-20(14-15(17)2)12-8-16-7-5-6-11-19(16)3/h15-18H,4-14H2,1-3H3. The van der Waals surface area contributed by atoms with Crippen molar-refractivity contribution >= 4 is 0 Å². The number of nitrogens with zero attached hydrogens (tertiary/aromatic N) is 2. The van der Waals surface area contributed by atoms with E-state index in [9.17, 15) is 0 Å². The first-order valence-corrected chi connectivity index (χ1v) is 8.86. The third-order valence-electron chi connectivity index (χ3n) is 5.35. The molecule has 3 heteroatoms. The van der Waals surface area contributed by atoms with Crippen molar-refractivity contribution in [1.29, 1.82) is 0 Å². The maximum absolute atomic E-state index is 3.72. The van der Waals surface area contributed by atoms with Crippen LogP contribution in [0, 0.1) is 5.92 Å². The van der Waals surface area contributed by atoms with Gasteiger partial charge in [-0.25, -0.2) is 0 Å². The first kappa shape index (κ1) is 16.3. The largest absolute Gasteiger partial charge is 0.314 e. The SMILES string of the molecule is CCCNC1CCN(CCC2CCCCN2C)CC1C. The van der Waals surface area contributed by atoms with Crippen LogP contribution in [0.1, 0.15) is 52.4 Å². The normalized spacial score (nSPS) is 33.5. The molecule has 2 aliphatic heterocycles. The number of hydrogen-bond donors (Lipinski definition) is 1. The zero-order chi connectivity index (χ0) is 14.4. The molecule has 0 radical (unpaired) electrons. The van der Waals surface area contributed by atoms with Crippen LogP contribution < -0.4 is 5.32 Å². The van der Waals surface area contributed by atoms with Gasteiger partial charge in [-0.2, -0.15) is 0 Å². The van der Waals surface area contributed by atoms with E-state index in [1.165, 1.54) is 71.2 Å². The van der Waals surface area contributed by atoms with E-state index >= 15 is 0 Å². The summed E-state index contributed by atoms with van der Waals surface area (Å²) >= 11 is 0. The molecular formula is C17H35N3. The van der Waals surface area contributed by atoms with Gasteiger partial charge in [0.25, 0.3) is 0 Å². The minimum Gasteiger partial charge on any atom is -0.314 e. The van der Waals surface area contributed by atoms with Gasteiger partial charge < -0.3 is 15.1 Å². The molecule has 0 spiro atoms. The van der Waals surface area contributed by atoms with Gasteiger partial charge in [-0.05, 0) is 71.2 Å². The molecule has 2 heterocycles. The third kappa shape index (κ3) is 4.71. The topological polar surface area (TPSA) is 18.5 Å². The lowest BCUT2D eigenvalue weighted by Crippen LogP contribution is -2.49. The van der Waals surface area contributed by atoms with Gasteiger partial charge in [0.2, 0.25) is 0 Å². The van der Waals surface area contributed by atoms with Crippen LogP contribution in [0.25, 0.3) is 0 Å².